The predicted octanol–water partition coefficient (Wildman–Crippen LogP) is 4.07. The van der Waals surface area contributed by atoms with Gasteiger partial charge in [0.2, 0.25) is 15.9 Å². The lowest BCUT2D eigenvalue weighted by Crippen LogP contribution is -2.50. The molecule has 0 unspecified atom stereocenters. The summed E-state index contributed by atoms with van der Waals surface area (Å²) in [5.74, 6) is 0.0730. The van der Waals surface area contributed by atoms with Gasteiger partial charge < -0.3 is 4.90 Å². The fourth-order valence-corrected chi connectivity index (χ4v) is 5.42. The van der Waals surface area contributed by atoms with Crippen LogP contribution in [0.25, 0.3) is 10.8 Å². The number of carbonyl (C=O) groups excluding carboxylic acids is 1. The molecule has 0 saturated carbocycles. The molecule has 0 N–H and O–H groups in total. The molecule has 1 aliphatic heterocycles. The molecule has 1 amide bonds. The average Bonchev–Trinajstić information content (AvgIpc) is 2.77. The van der Waals surface area contributed by atoms with E-state index in [-0.39, 0.29) is 10.8 Å². The second-order valence-electron chi connectivity index (χ2n) is 7.42. The summed E-state index contributed by atoms with van der Waals surface area (Å²) in [6.07, 6.45) is 1.11. The molecule has 0 aliphatic carbocycles. The SMILES string of the molecule is O=C(CCc1ccc2ccccc2c1)N1CCN(S(=O)(=O)c2ccc(Br)cc2)CC1. The van der Waals surface area contributed by atoms with Crippen LogP contribution in [0, 0.1) is 0 Å². The van der Waals surface area contributed by atoms with E-state index in [2.05, 4.69) is 46.3 Å². The lowest BCUT2D eigenvalue weighted by Gasteiger charge is -2.34. The Labute approximate surface area is 185 Å². The minimum Gasteiger partial charge on any atom is -0.340 e. The number of carbonyl (C=O) groups is 1. The summed E-state index contributed by atoms with van der Waals surface area (Å²) in [5.41, 5.74) is 1.14. The van der Waals surface area contributed by atoms with Gasteiger partial charge in [-0.2, -0.15) is 4.31 Å². The molecule has 0 spiro atoms. The first-order valence-corrected chi connectivity index (χ1v) is 12.2. The first-order valence-electron chi connectivity index (χ1n) is 9.95. The minimum atomic E-state index is -3.53. The van der Waals surface area contributed by atoms with E-state index in [0.717, 1.165) is 10.0 Å². The van der Waals surface area contributed by atoms with Crippen molar-refractivity contribution < 1.29 is 13.2 Å². The molecule has 0 radical (unpaired) electrons. The summed E-state index contributed by atoms with van der Waals surface area (Å²) >= 11 is 3.32. The highest BCUT2D eigenvalue weighted by atomic mass is 79.9. The zero-order valence-corrected chi connectivity index (χ0v) is 18.9. The van der Waals surface area contributed by atoms with Gasteiger partial charge in [0.1, 0.15) is 0 Å². The number of sulfonamides is 1. The van der Waals surface area contributed by atoms with Gasteiger partial charge in [0.25, 0.3) is 0 Å². The smallest absolute Gasteiger partial charge is 0.243 e. The Balaban J connectivity index is 1.33. The van der Waals surface area contributed by atoms with Gasteiger partial charge in [-0.1, -0.05) is 58.4 Å². The van der Waals surface area contributed by atoms with Crippen molar-refractivity contribution in [2.24, 2.45) is 0 Å². The van der Waals surface area contributed by atoms with Crippen LogP contribution in [0.2, 0.25) is 0 Å². The van der Waals surface area contributed by atoms with Crippen molar-refractivity contribution in [3.05, 3.63) is 76.8 Å². The van der Waals surface area contributed by atoms with Gasteiger partial charge in [-0.15, -0.1) is 0 Å². The van der Waals surface area contributed by atoms with Crippen molar-refractivity contribution in [3.63, 3.8) is 0 Å². The molecule has 30 heavy (non-hydrogen) atoms. The molecular formula is C23H23BrN2O3S. The van der Waals surface area contributed by atoms with Crippen molar-refractivity contribution >= 4 is 42.6 Å². The van der Waals surface area contributed by atoms with Crippen molar-refractivity contribution in [3.8, 4) is 0 Å². The van der Waals surface area contributed by atoms with E-state index < -0.39 is 10.0 Å². The Kier molecular flexibility index (Phi) is 6.22. The highest BCUT2D eigenvalue weighted by Crippen LogP contribution is 2.21. The van der Waals surface area contributed by atoms with Crippen LogP contribution < -0.4 is 0 Å². The fraction of sp³-hybridized carbons (Fsp3) is 0.261. The van der Waals surface area contributed by atoms with Crippen molar-refractivity contribution in [1.29, 1.82) is 0 Å². The van der Waals surface area contributed by atoms with Crippen LogP contribution in [0.3, 0.4) is 0 Å². The molecule has 1 aliphatic rings. The second-order valence-corrected chi connectivity index (χ2v) is 10.3. The van der Waals surface area contributed by atoms with Crippen LogP contribution in [0.15, 0.2) is 76.1 Å². The number of hydrogen-bond acceptors (Lipinski definition) is 3. The Hall–Kier alpha value is -2.22. The molecule has 7 heteroatoms. The van der Waals surface area contributed by atoms with Crippen molar-refractivity contribution in [2.75, 3.05) is 26.2 Å². The molecule has 1 fully saturated rings. The van der Waals surface area contributed by atoms with Crippen molar-refractivity contribution in [2.45, 2.75) is 17.7 Å². The molecule has 3 aromatic rings. The van der Waals surface area contributed by atoms with E-state index >= 15 is 0 Å². The quantitative estimate of drug-likeness (QED) is 0.546. The molecule has 1 heterocycles. The van der Waals surface area contributed by atoms with E-state index in [1.807, 2.05) is 12.1 Å². The summed E-state index contributed by atoms with van der Waals surface area (Å²) in [7, 11) is -3.53. The summed E-state index contributed by atoms with van der Waals surface area (Å²) in [4.78, 5) is 14.7. The highest BCUT2D eigenvalue weighted by molar-refractivity contribution is 9.10. The largest absolute Gasteiger partial charge is 0.340 e. The Morgan fingerprint density at radius 1 is 0.867 bits per heavy atom. The zero-order chi connectivity index (χ0) is 21.1. The van der Waals surface area contributed by atoms with Gasteiger partial charge in [0.05, 0.1) is 4.90 Å². The van der Waals surface area contributed by atoms with Gasteiger partial charge in [-0.25, -0.2) is 8.42 Å². The van der Waals surface area contributed by atoms with Crippen LogP contribution in [0.4, 0.5) is 0 Å². The molecule has 0 aromatic heterocycles. The molecule has 4 rings (SSSR count). The van der Waals surface area contributed by atoms with Crippen LogP contribution in [0.1, 0.15) is 12.0 Å². The average molecular weight is 487 g/mol. The summed E-state index contributed by atoms with van der Waals surface area (Å²) in [5, 5.41) is 2.37. The number of halogens is 1. The first kappa shape index (κ1) is 21.0. The Morgan fingerprint density at radius 2 is 1.53 bits per heavy atom. The summed E-state index contributed by atoms with van der Waals surface area (Å²) in [6.45, 7) is 1.48. The molecule has 3 aromatic carbocycles. The molecule has 156 valence electrons. The Morgan fingerprint density at radius 3 is 2.23 bits per heavy atom. The highest BCUT2D eigenvalue weighted by Gasteiger charge is 2.29. The van der Waals surface area contributed by atoms with Gasteiger partial charge >= 0.3 is 0 Å². The summed E-state index contributed by atoms with van der Waals surface area (Å²) < 4.78 is 27.9. The third-order valence-electron chi connectivity index (χ3n) is 5.48. The number of aryl methyl sites for hydroxylation is 1. The maximum absolute atomic E-state index is 12.8. The number of fused-ring (bicyclic) bond motifs is 1. The predicted molar refractivity (Wildman–Crippen MR) is 122 cm³/mol. The fourth-order valence-electron chi connectivity index (χ4n) is 3.74. The first-order chi connectivity index (χ1) is 14.4. The third kappa shape index (κ3) is 4.58. The number of piperazine rings is 1. The van der Waals surface area contributed by atoms with E-state index in [1.54, 1.807) is 29.2 Å². The van der Waals surface area contributed by atoms with Crippen LogP contribution in [-0.4, -0.2) is 49.7 Å². The molecule has 1 saturated heterocycles. The topological polar surface area (TPSA) is 57.7 Å². The number of nitrogens with zero attached hydrogens (tertiary/aromatic N) is 2. The molecular weight excluding hydrogens is 464 g/mol. The van der Waals surface area contributed by atoms with Gasteiger partial charge in [-0.3, -0.25) is 4.79 Å². The van der Waals surface area contributed by atoms with E-state index in [0.29, 0.717) is 39.0 Å². The Bertz CT molecular complexity index is 1150. The molecule has 0 bridgehead atoms. The maximum atomic E-state index is 12.8. The lowest BCUT2D eigenvalue weighted by atomic mass is 10.0. The van der Waals surface area contributed by atoms with E-state index in [9.17, 15) is 13.2 Å². The number of benzene rings is 3. The number of rotatable bonds is 5. The van der Waals surface area contributed by atoms with Crippen molar-refractivity contribution in [1.82, 2.24) is 9.21 Å². The summed E-state index contributed by atoms with van der Waals surface area (Å²) in [6, 6.07) is 21.1. The number of amides is 1. The van der Waals surface area contributed by atoms with Crippen LogP contribution >= 0.6 is 15.9 Å². The molecule has 0 atom stereocenters. The van der Waals surface area contributed by atoms with Crippen LogP contribution in [0.5, 0.6) is 0 Å². The second kappa shape index (κ2) is 8.88. The third-order valence-corrected chi connectivity index (χ3v) is 7.93. The van der Waals surface area contributed by atoms with Gasteiger partial charge in [0, 0.05) is 37.1 Å². The van der Waals surface area contributed by atoms with Crippen LogP contribution in [-0.2, 0) is 21.2 Å². The zero-order valence-electron chi connectivity index (χ0n) is 16.5. The molecule has 5 nitrogen and oxygen atoms in total. The van der Waals surface area contributed by atoms with E-state index in [4.69, 9.17) is 0 Å². The van der Waals surface area contributed by atoms with Gasteiger partial charge in [0.15, 0.2) is 0 Å². The normalized spacial score (nSPS) is 15.4. The van der Waals surface area contributed by atoms with Gasteiger partial charge in [-0.05, 0) is 47.0 Å². The minimum absolute atomic E-state index is 0.0730. The maximum Gasteiger partial charge on any atom is 0.243 e. The lowest BCUT2D eigenvalue weighted by molar-refractivity contribution is -0.132. The number of hydrogen-bond donors (Lipinski definition) is 0. The van der Waals surface area contributed by atoms with E-state index in [1.165, 1.54) is 15.1 Å². The monoisotopic (exact) mass is 486 g/mol. The standard InChI is InChI=1S/C23H23BrN2O3S/c24-21-8-10-22(11-9-21)30(28,29)26-15-13-25(14-16-26)23(27)12-6-18-5-7-19-3-1-2-4-20(19)17-18/h1-5,7-11,17H,6,12-16H2.